The summed E-state index contributed by atoms with van der Waals surface area (Å²) in [6.07, 6.45) is 3.59. The van der Waals surface area contributed by atoms with Gasteiger partial charge in [-0.2, -0.15) is 0 Å². The third kappa shape index (κ3) is 2.45. The molecule has 2 fully saturated rings. The fourth-order valence-corrected chi connectivity index (χ4v) is 4.65. The van der Waals surface area contributed by atoms with Crippen molar-refractivity contribution in [1.82, 2.24) is 10.2 Å². The molecule has 0 radical (unpaired) electrons. The van der Waals surface area contributed by atoms with Gasteiger partial charge < -0.3 is 24.4 Å². The minimum atomic E-state index is -0.683. The van der Waals surface area contributed by atoms with Gasteiger partial charge in [-0.15, -0.1) is 0 Å². The van der Waals surface area contributed by atoms with Gasteiger partial charge in [0.1, 0.15) is 5.60 Å². The number of hydrogen-bond donors (Lipinski definition) is 1. The van der Waals surface area contributed by atoms with E-state index < -0.39 is 17.4 Å². The van der Waals surface area contributed by atoms with E-state index in [0.29, 0.717) is 18.8 Å². The van der Waals surface area contributed by atoms with Gasteiger partial charge in [-0.25, -0.2) is 0 Å². The topological polar surface area (TPSA) is 77.1 Å². The second kappa shape index (κ2) is 5.73. The van der Waals surface area contributed by atoms with E-state index >= 15 is 0 Å². The lowest BCUT2D eigenvalue weighted by molar-refractivity contribution is -0.138. The number of carbonyl (C=O) groups is 2. The number of amides is 2. The Labute approximate surface area is 157 Å². The van der Waals surface area contributed by atoms with Gasteiger partial charge >= 0.3 is 0 Å². The van der Waals surface area contributed by atoms with Gasteiger partial charge in [0.15, 0.2) is 11.5 Å². The Kier molecular flexibility index (Phi) is 3.53. The molecule has 4 aliphatic rings. The van der Waals surface area contributed by atoms with Crippen LogP contribution in [0.25, 0.3) is 0 Å². The van der Waals surface area contributed by atoms with E-state index in [1.54, 1.807) is 4.90 Å². The van der Waals surface area contributed by atoms with Crippen molar-refractivity contribution < 1.29 is 23.8 Å². The minimum absolute atomic E-state index is 0.0246. The molecule has 0 aliphatic carbocycles. The van der Waals surface area contributed by atoms with Gasteiger partial charge in [-0.3, -0.25) is 9.59 Å². The molecule has 2 amide bonds. The van der Waals surface area contributed by atoms with Crippen LogP contribution in [0, 0.1) is 11.8 Å². The Morgan fingerprint density at radius 2 is 2.15 bits per heavy atom. The van der Waals surface area contributed by atoms with E-state index in [0.717, 1.165) is 11.3 Å². The maximum atomic E-state index is 13.2. The lowest BCUT2D eigenvalue weighted by Gasteiger charge is -2.24. The van der Waals surface area contributed by atoms with E-state index in [2.05, 4.69) is 5.32 Å². The van der Waals surface area contributed by atoms with Crippen molar-refractivity contribution >= 4 is 11.8 Å². The monoisotopic (exact) mass is 370 g/mol. The first-order chi connectivity index (χ1) is 13.0. The first kappa shape index (κ1) is 16.6. The molecule has 0 saturated carbocycles. The quantitative estimate of drug-likeness (QED) is 0.807. The Morgan fingerprint density at radius 3 is 2.96 bits per heavy atom. The Bertz CT molecular complexity index is 851. The SMILES string of the molecule is CC(C)NC(=O)C1C2C(=O)N(Cc3ccc4c(c3)OCO4)CC23C=C[C@@H]1O3. The summed E-state index contributed by atoms with van der Waals surface area (Å²) in [4.78, 5) is 27.7. The molecule has 7 nitrogen and oxygen atoms in total. The molecule has 1 N–H and O–H groups in total. The zero-order valence-electron chi connectivity index (χ0n) is 15.3. The molecule has 0 aromatic heterocycles. The summed E-state index contributed by atoms with van der Waals surface area (Å²) in [7, 11) is 0. The lowest BCUT2D eigenvalue weighted by Crippen LogP contribution is -2.45. The molecule has 4 atom stereocenters. The fourth-order valence-electron chi connectivity index (χ4n) is 4.65. The molecule has 142 valence electrons. The lowest BCUT2D eigenvalue weighted by atomic mass is 9.76. The minimum Gasteiger partial charge on any atom is -0.454 e. The third-order valence-electron chi connectivity index (χ3n) is 5.72. The molecule has 1 aromatic rings. The highest BCUT2D eigenvalue weighted by Crippen LogP contribution is 2.52. The predicted octanol–water partition coefficient (Wildman–Crippen LogP) is 1.22. The number of rotatable bonds is 4. The van der Waals surface area contributed by atoms with Crippen LogP contribution in [0.4, 0.5) is 0 Å². The van der Waals surface area contributed by atoms with Crippen LogP contribution in [-0.4, -0.2) is 47.8 Å². The molecule has 3 unspecified atom stereocenters. The zero-order valence-corrected chi connectivity index (χ0v) is 15.3. The Balaban J connectivity index is 1.38. The average Bonchev–Trinajstić information content (AvgIpc) is 3.35. The van der Waals surface area contributed by atoms with Gasteiger partial charge in [0, 0.05) is 12.6 Å². The van der Waals surface area contributed by atoms with E-state index in [9.17, 15) is 9.59 Å². The maximum Gasteiger partial charge on any atom is 0.231 e. The highest BCUT2D eigenvalue weighted by molar-refractivity contribution is 5.93. The number of nitrogens with zero attached hydrogens (tertiary/aromatic N) is 1. The van der Waals surface area contributed by atoms with Gasteiger partial charge in [0.2, 0.25) is 18.6 Å². The molecule has 4 aliphatic heterocycles. The summed E-state index contributed by atoms with van der Waals surface area (Å²) in [5, 5.41) is 2.94. The third-order valence-corrected chi connectivity index (χ3v) is 5.72. The molecule has 2 saturated heterocycles. The molecule has 7 heteroatoms. The van der Waals surface area contributed by atoms with E-state index in [4.69, 9.17) is 14.2 Å². The summed E-state index contributed by atoms with van der Waals surface area (Å²) in [6.45, 7) is 4.97. The molecular weight excluding hydrogens is 348 g/mol. The van der Waals surface area contributed by atoms with Crippen molar-refractivity contribution in [2.45, 2.75) is 38.1 Å². The van der Waals surface area contributed by atoms with Gasteiger partial charge in [0.25, 0.3) is 0 Å². The van der Waals surface area contributed by atoms with Crippen LogP contribution in [-0.2, 0) is 20.9 Å². The van der Waals surface area contributed by atoms with Crippen LogP contribution < -0.4 is 14.8 Å². The molecular formula is C20H22N2O5. The van der Waals surface area contributed by atoms with E-state index in [1.807, 2.05) is 44.2 Å². The van der Waals surface area contributed by atoms with Gasteiger partial charge in [0.05, 0.1) is 24.5 Å². The molecule has 2 bridgehead atoms. The number of fused-ring (bicyclic) bond motifs is 2. The second-order valence-electron chi connectivity index (χ2n) is 7.95. The van der Waals surface area contributed by atoms with Crippen molar-refractivity contribution in [3.63, 3.8) is 0 Å². The number of benzene rings is 1. The van der Waals surface area contributed by atoms with Crippen molar-refractivity contribution in [3.8, 4) is 11.5 Å². The standard InChI is InChI=1S/C20H22N2O5/c1-11(2)21-18(23)16-14-5-6-20(27-14)9-22(19(24)17(16)20)8-12-3-4-13-15(7-12)26-10-25-13/h3-7,11,14,16-17H,8-10H2,1-2H3,(H,21,23)/t14-,16?,17?,20?/m0/s1. The van der Waals surface area contributed by atoms with Crippen LogP contribution >= 0.6 is 0 Å². The van der Waals surface area contributed by atoms with Crippen molar-refractivity contribution in [1.29, 1.82) is 0 Å². The first-order valence-electron chi connectivity index (χ1n) is 9.32. The van der Waals surface area contributed by atoms with Gasteiger partial charge in [-0.05, 0) is 31.5 Å². The van der Waals surface area contributed by atoms with E-state index in [-0.39, 0.29) is 30.8 Å². The summed E-state index contributed by atoms with van der Waals surface area (Å²) < 4.78 is 16.9. The van der Waals surface area contributed by atoms with Crippen LogP contribution in [0.5, 0.6) is 11.5 Å². The number of likely N-dealkylation sites (tertiary alicyclic amines) is 1. The maximum absolute atomic E-state index is 13.2. The Hall–Kier alpha value is -2.54. The van der Waals surface area contributed by atoms with Crippen molar-refractivity contribution in [3.05, 3.63) is 35.9 Å². The normalized spacial score (nSPS) is 32.5. The van der Waals surface area contributed by atoms with Crippen LogP contribution in [0.3, 0.4) is 0 Å². The van der Waals surface area contributed by atoms with Crippen LogP contribution in [0.1, 0.15) is 19.4 Å². The largest absolute Gasteiger partial charge is 0.454 e. The van der Waals surface area contributed by atoms with E-state index in [1.165, 1.54) is 0 Å². The van der Waals surface area contributed by atoms with Crippen molar-refractivity contribution in [2.24, 2.45) is 11.8 Å². The van der Waals surface area contributed by atoms with Crippen LogP contribution in [0.2, 0.25) is 0 Å². The fraction of sp³-hybridized carbons (Fsp3) is 0.500. The first-order valence-corrected chi connectivity index (χ1v) is 9.32. The molecule has 1 spiro atoms. The highest BCUT2D eigenvalue weighted by Gasteiger charge is 2.66. The predicted molar refractivity (Wildman–Crippen MR) is 95.0 cm³/mol. The number of ether oxygens (including phenoxy) is 3. The summed E-state index contributed by atoms with van der Waals surface area (Å²) in [5.74, 6) is 0.362. The summed E-state index contributed by atoms with van der Waals surface area (Å²) >= 11 is 0. The zero-order chi connectivity index (χ0) is 18.8. The molecule has 1 aromatic carbocycles. The summed E-state index contributed by atoms with van der Waals surface area (Å²) in [5.41, 5.74) is 0.280. The molecule has 5 rings (SSSR count). The van der Waals surface area contributed by atoms with Crippen molar-refractivity contribution in [2.75, 3.05) is 13.3 Å². The Morgan fingerprint density at radius 1 is 1.33 bits per heavy atom. The molecule has 4 heterocycles. The van der Waals surface area contributed by atoms with Gasteiger partial charge in [-0.1, -0.05) is 18.2 Å². The number of carbonyl (C=O) groups excluding carboxylic acids is 2. The smallest absolute Gasteiger partial charge is 0.231 e. The highest BCUT2D eigenvalue weighted by atomic mass is 16.7. The average molecular weight is 370 g/mol. The number of hydrogen-bond acceptors (Lipinski definition) is 5. The summed E-state index contributed by atoms with van der Waals surface area (Å²) in [6, 6.07) is 5.72. The second-order valence-corrected chi connectivity index (χ2v) is 7.95. The number of nitrogens with one attached hydrogen (secondary N) is 1. The molecule has 27 heavy (non-hydrogen) atoms. The van der Waals surface area contributed by atoms with Crippen LogP contribution in [0.15, 0.2) is 30.4 Å².